The van der Waals surface area contributed by atoms with Crippen molar-refractivity contribution in [3.63, 3.8) is 0 Å². The Morgan fingerprint density at radius 3 is 2.68 bits per heavy atom. The molecule has 3 N–H and O–H groups in total. The maximum atomic E-state index is 12.0. The van der Waals surface area contributed by atoms with Crippen LogP contribution in [0.1, 0.15) is 19.4 Å². The van der Waals surface area contributed by atoms with E-state index in [4.69, 9.17) is 15.2 Å². The van der Waals surface area contributed by atoms with Crippen LogP contribution in [-0.4, -0.2) is 31.8 Å². The van der Waals surface area contributed by atoms with Gasteiger partial charge < -0.3 is 20.5 Å². The number of carbonyl (C=O) groups excluding carboxylic acids is 1. The van der Waals surface area contributed by atoms with Crippen molar-refractivity contribution in [1.29, 1.82) is 0 Å². The Morgan fingerprint density at radius 1 is 1.37 bits per heavy atom. The molecule has 2 unspecified atom stereocenters. The minimum atomic E-state index is -0.545. The maximum absolute atomic E-state index is 12.0. The zero-order valence-corrected chi connectivity index (χ0v) is 11.7. The number of methoxy groups -OCH3 is 1. The summed E-state index contributed by atoms with van der Waals surface area (Å²) in [6.45, 7) is 4.41. The molecule has 0 heterocycles. The number of benzene rings is 1. The van der Waals surface area contributed by atoms with E-state index in [1.165, 1.54) is 0 Å². The SMILES string of the molecule is COCC(C)OC(C)C(=O)Nc1ccccc1CN. The lowest BCUT2D eigenvalue weighted by Crippen LogP contribution is -2.32. The predicted molar refractivity (Wildman–Crippen MR) is 74.8 cm³/mol. The fourth-order valence-corrected chi connectivity index (χ4v) is 1.74. The predicted octanol–water partition coefficient (Wildman–Crippen LogP) is 1.52. The van der Waals surface area contributed by atoms with E-state index in [0.717, 1.165) is 11.3 Å². The number of nitrogens with one attached hydrogen (secondary N) is 1. The summed E-state index contributed by atoms with van der Waals surface area (Å²) in [6, 6.07) is 7.45. The molecule has 0 bridgehead atoms. The van der Waals surface area contributed by atoms with Gasteiger partial charge in [0, 0.05) is 19.3 Å². The highest BCUT2D eigenvalue weighted by Crippen LogP contribution is 2.15. The second-order valence-corrected chi connectivity index (χ2v) is 4.39. The first-order valence-electron chi connectivity index (χ1n) is 6.31. The van der Waals surface area contributed by atoms with Crippen LogP contribution in [0.3, 0.4) is 0 Å². The summed E-state index contributed by atoms with van der Waals surface area (Å²) in [5, 5.41) is 2.82. The molecule has 0 aliphatic carbocycles. The van der Waals surface area contributed by atoms with E-state index >= 15 is 0 Å². The van der Waals surface area contributed by atoms with Crippen LogP contribution in [0.4, 0.5) is 5.69 Å². The zero-order chi connectivity index (χ0) is 14.3. The van der Waals surface area contributed by atoms with Gasteiger partial charge in [-0.15, -0.1) is 0 Å². The van der Waals surface area contributed by atoms with Crippen molar-refractivity contribution in [1.82, 2.24) is 0 Å². The van der Waals surface area contributed by atoms with Crippen LogP contribution in [0, 0.1) is 0 Å². The van der Waals surface area contributed by atoms with Gasteiger partial charge in [0.1, 0.15) is 6.10 Å². The van der Waals surface area contributed by atoms with Crippen molar-refractivity contribution >= 4 is 11.6 Å². The van der Waals surface area contributed by atoms with Gasteiger partial charge in [-0.25, -0.2) is 0 Å². The lowest BCUT2D eigenvalue weighted by molar-refractivity contribution is -0.131. The topological polar surface area (TPSA) is 73.6 Å². The third kappa shape index (κ3) is 4.98. The molecule has 19 heavy (non-hydrogen) atoms. The van der Waals surface area contributed by atoms with Crippen molar-refractivity contribution in [3.8, 4) is 0 Å². The molecular weight excluding hydrogens is 244 g/mol. The van der Waals surface area contributed by atoms with Crippen LogP contribution in [0.25, 0.3) is 0 Å². The largest absolute Gasteiger partial charge is 0.382 e. The van der Waals surface area contributed by atoms with Gasteiger partial charge in [-0.1, -0.05) is 18.2 Å². The highest BCUT2D eigenvalue weighted by atomic mass is 16.5. The molecule has 0 radical (unpaired) electrons. The first kappa shape index (κ1) is 15.6. The Morgan fingerprint density at radius 2 is 2.05 bits per heavy atom. The summed E-state index contributed by atoms with van der Waals surface area (Å²) in [6.07, 6.45) is -0.675. The zero-order valence-electron chi connectivity index (χ0n) is 11.7. The van der Waals surface area contributed by atoms with Gasteiger partial charge in [0.2, 0.25) is 0 Å². The Kier molecular flexibility index (Phi) is 6.49. The van der Waals surface area contributed by atoms with E-state index < -0.39 is 6.10 Å². The van der Waals surface area contributed by atoms with Crippen LogP contribution in [0.15, 0.2) is 24.3 Å². The number of hydrogen-bond acceptors (Lipinski definition) is 4. The van der Waals surface area contributed by atoms with E-state index in [0.29, 0.717) is 13.2 Å². The molecule has 5 nitrogen and oxygen atoms in total. The molecule has 0 fully saturated rings. The van der Waals surface area contributed by atoms with Gasteiger partial charge in [0.25, 0.3) is 5.91 Å². The molecule has 0 aliphatic heterocycles. The third-order valence-corrected chi connectivity index (χ3v) is 2.70. The fourth-order valence-electron chi connectivity index (χ4n) is 1.74. The highest BCUT2D eigenvalue weighted by Gasteiger charge is 2.17. The van der Waals surface area contributed by atoms with Gasteiger partial charge in [0.05, 0.1) is 12.7 Å². The Labute approximate surface area is 114 Å². The molecule has 1 aromatic rings. The molecule has 0 aliphatic rings. The van der Waals surface area contributed by atoms with Crippen LogP contribution in [0.2, 0.25) is 0 Å². The Hall–Kier alpha value is -1.43. The lowest BCUT2D eigenvalue weighted by Gasteiger charge is -2.19. The Balaban J connectivity index is 2.58. The Bertz CT molecular complexity index is 409. The van der Waals surface area contributed by atoms with Crippen molar-refractivity contribution in [2.75, 3.05) is 19.0 Å². The molecule has 5 heteroatoms. The third-order valence-electron chi connectivity index (χ3n) is 2.70. The number of rotatable bonds is 7. The molecule has 0 saturated heterocycles. The number of anilines is 1. The number of carbonyl (C=O) groups is 1. The van der Waals surface area contributed by atoms with Crippen LogP contribution >= 0.6 is 0 Å². The first-order chi connectivity index (χ1) is 9.08. The quantitative estimate of drug-likeness (QED) is 0.785. The summed E-state index contributed by atoms with van der Waals surface area (Å²) in [7, 11) is 1.60. The minimum absolute atomic E-state index is 0.129. The lowest BCUT2D eigenvalue weighted by atomic mass is 10.1. The minimum Gasteiger partial charge on any atom is -0.382 e. The second-order valence-electron chi connectivity index (χ2n) is 4.39. The van der Waals surface area contributed by atoms with Gasteiger partial charge >= 0.3 is 0 Å². The fraction of sp³-hybridized carbons (Fsp3) is 0.500. The number of amides is 1. The number of nitrogens with two attached hydrogens (primary N) is 1. The standard InChI is InChI=1S/C14H22N2O3/c1-10(9-18-3)19-11(2)14(17)16-13-7-5-4-6-12(13)8-15/h4-7,10-11H,8-9,15H2,1-3H3,(H,16,17). The number of ether oxygens (including phenoxy) is 2. The molecule has 0 aromatic heterocycles. The molecule has 2 atom stereocenters. The average Bonchev–Trinajstić information content (AvgIpc) is 2.39. The van der Waals surface area contributed by atoms with E-state index in [-0.39, 0.29) is 12.0 Å². The van der Waals surface area contributed by atoms with Gasteiger partial charge in [-0.05, 0) is 25.5 Å². The van der Waals surface area contributed by atoms with Crippen LogP contribution < -0.4 is 11.1 Å². The van der Waals surface area contributed by atoms with Crippen LogP contribution in [-0.2, 0) is 20.8 Å². The summed E-state index contributed by atoms with van der Waals surface area (Å²) in [5.41, 5.74) is 7.25. The van der Waals surface area contributed by atoms with Crippen molar-refractivity contribution in [2.45, 2.75) is 32.6 Å². The summed E-state index contributed by atoms with van der Waals surface area (Å²) >= 11 is 0. The monoisotopic (exact) mass is 266 g/mol. The van der Waals surface area contributed by atoms with Gasteiger partial charge in [0.15, 0.2) is 0 Å². The van der Waals surface area contributed by atoms with Gasteiger partial charge in [-0.2, -0.15) is 0 Å². The van der Waals surface area contributed by atoms with E-state index in [1.54, 1.807) is 14.0 Å². The number of hydrogen-bond donors (Lipinski definition) is 2. The van der Waals surface area contributed by atoms with E-state index in [9.17, 15) is 4.79 Å². The molecule has 0 saturated carbocycles. The van der Waals surface area contributed by atoms with Crippen LogP contribution in [0.5, 0.6) is 0 Å². The molecule has 1 aromatic carbocycles. The molecular formula is C14H22N2O3. The van der Waals surface area contributed by atoms with E-state index in [1.807, 2.05) is 31.2 Å². The molecule has 1 rings (SSSR count). The first-order valence-corrected chi connectivity index (χ1v) is 6.31. The number of para-hydroxylation sites is 1. The molecule has 0 spiro atoms. The normalized spacial score (nSPS) is 13.9. The average molecular weight is 266 g/mol. The van der Waals surface area contributed by atoms with Gasteiger partial charge in [-0.3, -0.25) is 4.79 Å². The summed E-state index contributed by atoms with van der Waals surface area (Å²) in [4.78, 5) is 12.0. The summed E-state index contributed by atoms with van der Waals surface area (Å²) in [5.74, 6) is -0.191. The highest BCUT2D eigenvalue weighted by molar-refractivity contribution is 5.94. The summed E-state index contributed by atoms with van der Waals surface area (Å²) < 4.78 is 10.5. The maximum Gasteiger partial charge on any atom is 0.253 e. The van der Waals surface area contributed by atoms with Crippen molar-refractivity contribution in [3.05, 3.63) is 29.8 Å². The van der Waals surface area contributed by atoms with Crippen molar-refractivity contribution < 1.29 is 14.3 Å². The second kappa shape index (κ2) is 7.89. The van der Waals surface area contributed by atoms with E-state index in [2.05, 4.69) is 5.32 Å². The smallest absolute Gasteiger partial charge is 0.253 e. The molecule has 1 amide bonds. The van der Waals surface area contributed by atoms with Crippen molar-refractivity contribution in [2.24, 2.45) is 5.73 Å². The molecule has 106 valence electrons.